The zero-order chi connectivity index (χ0) is 28.1. The Morgan fingerprint density at radius 2 is 1.60 bits per heavy atom. The molecule has 3 aromatic carbocycles. The first-order valence-electron chi connectivity index (χ1n) is 13.7. The second-order valence-corrected chi connectivity index (χ2v) is 11.5. The molecule has 206 valence electrons. The fourth-order valence-electron chi connectivity index (χ4n) is 5.52. The van der Waals surface area contributed by atoms with Crippen molar-refractivity contribution in [2.45, 2.75) is 39.7 Å². The summed E-state index contributed by atoms with van der Waals surface area (Å²) >= 11 is 12.4. The van der Waals surface area contributed by atoms with Gasteiger partial charge < -0.3 is 4.57 Å². The molecule has 7 heteroatoms. The minimum Gasteiger partial charge on any atom is -0.318 e. The van der Waals surface area contributed by atoms with Crippen LogP contribution in [0.15, 0.2) is 84.0 Å². The van der Waals surface area contributed by atoms with Crippen LogP contribution in [0.3, 0.4) is 0 Å². The van der Waals surface area contributed by atoms with Crippen LogP contribution in [-0.4, -0.2) is 34.7 Å². The number of hydrogen-bond acceptors (Lipinski definition) is 3. The molecular formula is C33H34Cl2N4O. The molecule has 0 unspecified atom stereocenters. The van der Waals surface area contributed by atoms with Gasteiger partial charge in [-0.05, 0) is 99.6 Å². The van der Waals surface area contributed by atoms with E-state index >= 15 is 0 Å². The number of hydrazone groups is 1. The van der Waals surface area contributed by atoms with Gasteiger partial charge in [0.1, 0.15) is 0 Å². The maximum atomic E-state index is 12.7. The summed E-state index contributed by atoms with van der Waals surface area (Å²) in [5.74, 6) is 0.520. The Morgan fingerprint density at radius 1 is 0.925 bits per heavy atom. The molecule has 1 aliphatic rings. The van der Waals surface area contributed by atoms with Gasteiger partial charge in [-0.15, -0.1) is 0 Å². The van der Waals surface area contributed by atoms with Crippen LogP contribution in [0, 0.1) is 19.8 Å². The highest BCUT2D eigenvalue weighted by atomic mass is 35.5. The summed E-state index contributed by atoms with van der Waals surface area (Å²) < 4.78 is 2.06. The van der Waals surface area contributed by atoms with E-state index in [1.165, 1.54) is 30.4 Å². The fraction of sp³-hybridized carbons (Fsp3) is 0.273. The lowest BCUT2D eigenvalue weighted by Gasteiger charge is -2.32. The van der Waals surface area contributed by atoms with Crippen LogP contribution in [0.5, 0.6) is 0 Å². The summed E-state index contributed by atoms with van der Waals surface area (Å²) in [5.41, 5.74) is 9.66. The summed E-state index contributed by atoms with van der Waals surface area (Å²) in [7, 11) is 0. The summed E-state index contributed by atoms with van der Waals surface area (Å²) in [6.45, 7) is 7.13. The van der Waals surface area contributed by atoms with Crippen molar-refractivity contribution in [2.24, 2.45) is 11.0 Å². The monoisotopic (exact) mass is 572 g/mol. The Hall–Kier alpha value is -3.38. The summed E-state index contributed by atoms with van der Waals surface area (Å²) in [4.78, 5) is 15.2. The summed E-state index contributed by atoms with van der Waals surface area (Å²) in [6.07, 6.45) is 5.28. The van der Waals surface area contributed by atoms with Crippen molar-refractivity contribution < 1.29 is 4.79 Å². The predicted octanol–water partition coefficient (Wildman–Crippen LogP) is 7.62. The maximum absolute atomic E-state index is 12.7. The Kier molecular flexibility index (Phi) is 9.05. The molecular weight excluding hydrogens is 539 g/mol. The quantitative estimate of drug-likeness (QED) is 0.174. The van der Waals surface area contributed by atoms with Gasteiger partial charge in [0.2, 0.25) is 0 Å². The Balaban J connectivity index is 1.13. The third kappa shape index (κ3) is 7.03. The van der Waals surface area contributed by atoms with E-state index < -0.39 is 0 Å². The van der Waals surface area contributed by atoms with Gasteiger partial charge in [0.15, 0.2) is 0 Å². The van der Waals surface area contributed by atoms with E-state index in [4.69, 9.17) is 23.2 Å². The smallest absolute Gasteiger partial charge is 0.271 e. The highest BCUT2D eigenvalue weighted by Gasteiger charge is 2.19. The van der Waals surface area contributed by atoms with Crippen molar-refractivity contribution in [1.82, 2.24) is 14.9 Å². The highest BCUT2D eigenvalue weighted by Crippen LogP contribution is 2.26. The number of hydrogen-bond donors (Lipinski definition) is 1. The molecule has 0 bridgehead atoms. The van der Waals surface area contributed by atoms with E-state index in [9.17, 15) is 4.79 Å². The SMILES string of the molecule is Cc1cc(/C=N\NC(=O)c2ccc(CN3CCC(Cc4ccccc4)CC3)cc2)c(C)n1-c1cc(Cl)cc(Cl)c1. The number of carbonyl (C=O) groups is 1. The first kappa shape index (κ1) is 28.2. The molecule has 5 nitrogen and oxygen atoms in total. The number of aromatic nitrogens is 1. The number of carbonyl (C=O) groups excluding carboxylic acids is 1. The normalized spacial score (nSPS) is 14.6. The molecule has 1 saturated heterocycles. The minimum absolute atomic E-state index is 0.236. The van der Waals surface area contributed by atoms with Crippen LogP contribution in [0.2, 0.25) is 10.0 Å². The number of benzene rings is 3. The molecule has 0 atom stereocenters. The van der Waals surface area contributed by atoms with Gasteiger partial charge in [-0.25, -0.2) is 5.43 Å². The third-order valence-corrected chi connectivity index (χ3v) is 8.08. The van der Waals surface area contributed by atoms with Gasteiger partial charge in [-0.2, -0.15) is 5.10 Å². The molecule has 5 rings (SSSR count). The Bertz CT molecular complexity index is 1470. The molecule has 2 heterocycles. The van der Waals surface area contributed by atoms with Crippen molar-refractivity contribution in [3.8, 4) is 5.69 Å². The number of amides is 1. The van der Waals surface area contributed by atoms with E-state index in [1.807, 2.05) is 56.3 Å². The van der Waals surface area contributed by atoms with Gasteiger partial charge in [0, 0.05) is 44.8 Å². The first-order valence-corrected chi connectivity index (χ1v) is 14.5. The number of nitrogens with one attached hydrogen (secondary N) is 1. The minimum atomic E-state index is -0.236. The number of nitrogens with zero attached hydrogens (tertiary/aromatic N) is 3. The highest BCUT2D eigenvalue weighted by molar-refractivity contribution is 6.34. The number of piperidine rings is 1. The molecule has 1 fully saturated rings. The topological polar surface area (TPSA) is 49.6 Å². The van der Waals surface area contributed by atoms with Gasteiger partial charge in [0.25, 0.3) is 5.91 Å². The van der Waals surface area contributed by atoms with E-state index in [0.29, 0.717) is 15.6 Å². The first-order chi connectivity index (χ1) is 19.4. The maximum Gasteiger partial charge on any atom is 0.271 e. The largest absolute Gasteiger partial charge is 0.318 e. The molecule has 1 aliphatic heterocycles. The summed E-state index contributed by atoms with van der Waals surface area (Å²) in [5, 5.41) is 5.37. The lowest BCUT2D eigenvalue weighted by Crippen LogP contribution is -2.33. The zero-order valence-corrected chi connectivity index (χ0v) is 24.4. The van der Waals surface area contributed by atoms with Crippen LogP contribution >= 0.6 is 23.2 Å². The standard InChI is InChI=1S/C33H34Cl2N4O/c1-23-16-29(24(2)39(23)32-19-30(34)18-31(35)20-32)21-36-37-33(40)28-10-8-27(9-11-28)22-38-14-12-26(13-15-38)17-25-6-4-3-5-7-25/h3-11,16,18-21,26H,12-15,17,22H2,1-2H3,(H,37,40)/b36-21-. The molecule has 4 aromatic rings. The number of halogens is 2. The van der Waals surface area contributed by atoms with Gasteiger partial charge in [-0.3, -0.25) is 9.69 Å². The van der Waals surface area contributed by atoms with Crippen LogP contribution in [-0.2, 0) is 13.0 Å². The molecule has 0 saturated carbocycles. The van der Waals surface area contributed by atoms with Gasteiger partial charge in [-0.1, -0.05) is 65.7 Å². The van der Waals surface area contributed by atoms with Crippen LogP contribution in [0.1, 0.15) is 51.3 Å². The van der Waals surface area contributed by atoms with E-state index in [2.05, 4.69) is 50.3 Å². The van der Waals surface area contributed by atoms with E-state index in [0.717, 1.165) is 48.2 Å². The Morgan fingerprint density at radius 3 is 2.27 bits per heavy atom. The summed E-state index contributed by atoms with van der Waals surface area (Å²) in [6, 6.07) is 26.1. The van der Waals surface area contributed by atoms with Crippen LogP contribution in [0.25, 0.3) is 5.69 Å². The van der Waals surface area contributed by atoms with Crippen molar-refractivity contribution in [2.75, 3.05) is 13.1 Å². The molecule has 1 amide bonds. The van der Waals surface area contributed by atoms with Crippen LogP contribution < -0.4 is 5.43 Å². The second-order valence-electron chi connectivity index (χ2n) is 10.6. The van der Waals surface area contributed by atoms with E-state index in [-0.39, 0.29) is 5.91 Å². The average Bonchev–Trinajstić information content (AvgIpc) is 3.22. The second kappa shape index (κ2) is 12.9. The molecule has 1 N–H and O–H groups in total. The number of likely N-dealkylation sites (tertiary alicyclic amines) is 1. The number of aryl methyl sites for hydroxylation is 1. The van der Waals surface area contributed by atoms with Crippen molar-refractivity contribution in [1.29, 1.82) is 0 Å². The fourth-order valence-corrected chi connectivity index (χ4v) is 6.04. The van der Waals surface area contributed by atoms with Crippen LogP contribution in [0.4, 0.5) is 0 Å². The molecule has 0 aliphatic carbocycles. The third-order valence-electron chi connectivity index (χ3n) is 7.64. The van der Waals surface area contributed by atoms with Crippen molar-refractivity contribution in [3.63, 3.8) is 0 Å². The molecule has 40 heavy (non-hydrogen) atoms. The van der Waals surface area contributed by atoms with E-state index in [1.54, 1.807) is 12.3 Å². The van der Waals surface area contributed by atoms with Crippen molar-refractivity contribution >= 4 is 35.3 Å². The number of rotatable bonds is 8. The molecule has 0 radical (unpaired) electrons. The lowest BCUT2D eigenvalue weighted by molar-refractivity contribution is 0.0955. The van der Waals surface area contributed by atoms with Gasteiger partial charge in [0.05, 0.1) is 6.21 Å². The molecule has 0 spiro atoms. The zero-order valence-electron chi connectivity index (χ0n) is 22.9. The Labute approximate surface area is 246 Å². The predicted molar refractivity (Wildman–Crippen MR) is 165 cm³/mol. The average molecular weight is 574 g/mol. The lowest BCUT2D eigenvalue weighted by atomic mass is 9.90. The molecule has 1 aromatic heterocycles. The van der Waals surface area contributed by atoms with Crippen molar-refractivity contribution in [3.05, 3.63) is 123 Å². The van der Waals surface area contributed by atoms with Gasteiger partial charge >= 0.3 is 0 Å².